The molecule has 0 bridgehead atoms. The van der Waals surface area contributed by atoms with Gasteiger partial charge in [0.1, 0.15) is 0 Å². The Bertz CT molecular complexity index is 641. The lowest BCUT2D eigenvalue weighted by Gasteiger charge is -2.07. The van der Waals surface area contributed by atoms with Crippen LogP contribution in [0.1, 0.15) is 29.6 Å². The molecule has 128 valence electrons. The summed E-state index contributed by atoms with van der Waals surface area (Å²) >= 11 is 5.77. The van der Waals surface area contributed by atoms with Crippen molar-refractivity contribution in [3.05, 3.63) is 53.6 Å². The summed E-state index contributed by atoms with van der Waals surface area (Å²) in [6.07, 6.45) is 7.59. The largest absolute Gasteiger partial charge is 0.356 e. The number of carbonyl (C=O) groups is 2. The van der Waals surface area contributed by atoms with Crippen LogP contribution in [0.5, 0.6) is 0 Å². The van der Waals surface area contributed by atoms with Crippen molar-refractivity contribution in [3.8, 4) is 0 Å². The maximum Gasteiger partial charge on any atom is 0.251 e. The molecule has 6 nitrogen and oxygen atoms in total. The molecule has 0 fully saturated rings. The number of hydrogen-bond acceptors (Lipinski definition) is 3. The van der Waals surface area contributed by atoms with Crippen LogP contribution in [0.2, 0.25) is 5.02 Å². The smallest absolute Gasteiger partial charge is 0.251 e. The Morgan fingerprint density at radius 2 is 1.88 bits per heavy atom. The molecule has 1 aromatic heterocycles. The fourth-order valence-corrected chi connectivity index (χ4v) is 2.27. The molecule has 0 unspecified atom stereocenters. The zero-order chi connectivity index (χ0) is 17.2. The number of carbonyl (C=O) groups excluding carboxylic acids is 2. The first-order valence-electron chi connectivity index (χ1n) is 7.91. The van der Waals surface area contributed by atoms with Gasteiger partial charge in [0.05, 0.1) is 6.33 Å². The number of nitrogens with zero attached hydrogens (tertiary/aromatic N) is 2. The SMILES string of the molecule is O=C(CCNC(=O)c1ccc(Cl)cc1)NCCCCn1ccnc1. The zero-order valence-electron chi connectivity index (χ0n) is 13.4. The lowest BCUT2D eigenvalue weighted by molar-refractivity contribution is -0.120. The molecule has 0 radical (unpaired) electrons. The Balaban J connectivity index is 1.53. The molecule has 1 heterocycles. The Morgan fingerprint density at radius 1 is 1.08 bits per heavy atom. The normalized spacial score (nSPS) is 10.4. The summed E-state index contributed by atoms with van der Waals surface area (Å²) in [6.45, 7) is 1.84. The molecule has 2 rings (SSSR count). The quantitative estimate of drug-likeness (QED) is 0.682. The lowest BCUT2D eigenvalue weighted by atomic mass is 10.2. The van der Waals surface area contributed by atoms with Crippen molar-refractivity contribution in [3.63, 3.8) is 0 Å². The maximum atomic E-state index is 11.9. The van der Waals surface area contributed by atoms with Gasteiger partial charge in [-0.15, -0.1) is 0 Å². The van der Waals surface area contributed by atoms with E-state index in [2.05, 4.69) is 15.6 Å². The number of unbranched alkanes of at least 4 members (excludes halogenated alkanes) is 1. The molecule has 7 heteroatoms. The van der Waals surface area contributed by atoms with E-state index in [-0.39, 0.29) is 18.2 Å². The summed E-state index contributed by atoms with van der Waals surface area (Å²) in [5.74, 6) is -0.270. The monoisotopic (exact) mass is 348 g/mol. The fraction of sp³-hybridized carbons (Fsp3) is 0.353. The van der Waals surface area contributed by atoms with Gasteiger partial charge in [-0.2, -0.15) is 0 Å². The van der Waals surface area contributed by atoms with Crippen molar-refractivity contribution in [2.45, 2.75) is 25.8 Å². The second kappa shape index (κ2) is 9.72. The molecule has 0 aliphatic carbocycles. The molecule has 2 N–H and O–H groups in total. The molecule has 0 aliphatic heterocycles. The van der Waals surface area contributed by atoms with Crippen molar-refractivity contribution >= 4 is 23.4 Å². The number of aromatic nitrogens is 2. The first kappa shape index (κ1) is 18.0. The van der Waals surface area contributed by atoms with Gasteiger partial charge in [0.2, 0.25) is 5.91 Å². The van der Waals surface area contributed by atoms with Gasteiger partial charge in [-0.25, -0.2) is 4.98 Å². The van der Waals surface area contributed by atoms with Gasteiger partial charge in [-0.3, -0.25) is 9.59 Å². The molecule has 0 saturated carbocycles. The van der Waals surface area contributed by atoms with Gasteiger partial charge in [0.15, 0.2) is 0 Å². The minimum Gasteiger partial charge on any atom is -0.356 e. The minimum absolute atomic E-state index is 0.0611. The van der Waals surface area contributed by atoms with Crippen molar-refractivity contribution in [2.24, 2.45) is 0 Å². The average molecular weight is 349 g/mol. The number of hydrogen-bond donors (Lipinski definition) is 2. The standard InChI is InChI=1S/C17H21ClN4O2/c18-15-5-3-14(4-6-15)17(24)21-9-7-16(23)20-8-1-2-11-22-12-10-19-13-22/h3-6,10,12-13H,1-2,7-9,11H2,(H,20,23)(H,21,24). The van der Waals surface area contributed by atoms with Crippen molar-refractivity contribution in [1.82, 2.24) is 20.2 Å². The van der Waals surface area contributed by atoms with E-state index in [1.165, 1.54) is 0 Å². The Labute approximate surface area is 146 Å². The fourth-order valence-electron chi connectivity index (χ4n) is 2.15. The van der Waals surface area contributed by atoms with Crippen LogP contribution in [0.3, 0.4) is 0 Å². The van der Waals surface area contributed by atoms with E-state index in [0.29, 0.717) is 23.7 Å². The van der Waals surface area contributed by atoms with E-state index in [1.807, 2.05) is 10.8 Å². The summed E-state index contributed by atoms with van der Waals surface area (Å²) in [7, 11) is 0. The predicted octanol–water partition coefficient (Wildman–Crippen LogP) is 2.25. The van der Waals surface area contributed by atoms with E-state index in [0.717, 1.165) is 19.4 Å². The van der Waals surface area contributed by atoms with Crippen LogP contribution in [0.15, 0.2) is 43.0 Å². The summed E-state index contributed by atoms with van der Waals surface area (Å²) in [4.78, 5) is 27.5. The number of benzene rings is 1. The van der Waals surface area contributed by atoms with Gasteiger partial charge in [-0.1, -0.05) is 11.6 Å². The minimum atomic E-state index is -0.209. The third-order valence-electron chi connectivity index (χ3n) is 3.47. The molecule has 0 spiro atoms. The van der Waals surface area contributed by atoms with Crippen molar-refractivity contribution < 1.29 is 9.59 Å². The second-order valence-corrected chi connectivity index (χ2v) is 5.81. The second-order valence-electron chi connectivity index (χ2n) is 5.37. The van der Waals surface area contributed by atoms with E-state index >= 15 is 0 Å². The molecular weight excluding hydrogens is 328 g/mol. The molecule has 0 saturated heterocycles. The highest BCUT2D eigenvalue weighted by molar-refractivity contribution is 6.30. The number of rotatable bonds is 9. The van der Waals surface area contributed by atoms with Crippen LogP contribution in [-0.2, 0) is 11.3 Å². The van der Waals surface area contributed by atoms with Crippen molar-refractivity contribution in [2.75, 3.05) is 13.1 Å². The van der Waals surface area contributed by atoms with Gasteiger partial charge < -0.3 is 15.2 Å². The average Bonchev–Trinajstić information content (AvgIpc) is 3.08. The highest BCUT2D eigenvalue weighted by Crippen LogP contribution is 2.09. The number of amides is 2. The summed E-state index contributed by atoms with van der Waals surface area (Å²) in [6, 6.07) is 6.62. The molecule has 2 aromatic rings. The predicted molar refractivity (Wildman–Crippen MR) is 92.9 cm³/mol. The van der Waals surface area contributed by atoms with Crippen molar-refractivity contribution in [1.29, 1.82) is 0 Å². The zero-order valence-corrected chi connectivity index (χ0v) is 14.1. The number of aryl methyl sites for hydroxylation is 1. The molecule has 2 amide bonds. The molecular formula is C17H21ClN4O2. The number of halogens is 1. The summed E-state index contributed by atoms with van der Waals surface area (Å²) in [5, 5.41) is 6.15. The van der Waals surface area contributed by atoms with E-state index < -0.39 is 0 Å². The molecule has 1 aromatic carbocycles. The third kappa shape index (κ3) is 6.42. The van der Waals surface area contributed by atoms with Crippen LogP contribution >= 0.6 is 11.6 Å². The van der Waals surface area contributed by atoms with Gasteiger partial charge in [-0.05, 0) is 37.1 Å². The first-order valence-corrected chi connectivity index (χ1v) is 8.29. The highest BCUT2D eigenvalue weighted by Gasteiger charge is 2.06. The van der Waals surface area contributed by atoms with E-state index in [1.54, 1.807) is 36.8 Å². The molecule has 0 atom stereocenters. The van der Waals surface area contributed by atoms with E-state index in [4.69, 9.17) is 11.6 Å². The lowest BCUT2D eigenvalue weighted by Crippen LogP contribution is -2.31. The first-order chi connectivity index (χ1) is 11.6. The van der Waals surface area contributed by atoms with E-state index in [9.17, 15) is 9.59 Å². The summed E-state index contributed by atoms with van der Waals surface area (Å²) < 4.78 is 2.01. The van der Waals surface area contributed by atoms with Crippen LogP contribution in [0.4, 0.5) is 0 Å². The number of nitrogens with one attached hydrogen (secondary N) is 2. The maximum absolute atomic E-state index is 11.9. The van der Waals surface area contributed by atoms with Gasteiger partial charge in [0.25, 0.3) is 5.91 Å². The van der Waals surface area contributed by atoms with Crippen LogP contribution in [-0.4, -0.2) is 34.5 Å². The van der Waals surface area contributed by atoms with Crippen LogP contribution in [0.25, 0.3) is 0 Å². The summed E-state index contributed by atoms with van der Waals surface area (Å²) in [5.41, 5.74) is 0.527. The Hall–Kier alpha value is -2.34. The number of imidazole rings is 1. The topological polar surface area (TPSA) is 76.0 Å². The Kier molecular flexibility index (Phi) is 7.29. The molecule has 0 aliphatic rings. The molecule has 24 heavy (non-hydrogen) atoms. The highest BCUT2D eigenvalue weighted by atomic mass is 35.5. The Morgan fingerprint density at radius 3 is 2.58 bits per heavy atom. The van der Waals surface area contributed by atoms with Gasteiger partial charge >= 0.3 is 0 Å². The third-order valence-corrected chi connectivity index (χ3v) is 3.72. The van der Waals surface area contributed by atoms with Gasteiger partial charge in [0, 0.05) is 49.0 Å². The van der Waals surface area contributed by atoms with Crippen LogP contribution in [0, 0.1) is 0 Å². The van der Waals surface area contributed by atoms with Crippen LogP contribution < -0.4 is 10.6 Å².